The quantitative estimate of drug-likeness (QED) is 0.0528. The van der Waals surface area contributed by atoms with E-state index in [9.17, 15) is 0 Å². The first-order chi connectivity index (χ1) is 21.3. The molecule has 0 aliphatic carbocycles. The smallest absolute Gasteiger partial charge is 0.105 e. The molecule has 240 valence electrons. The molecule has 0 bridgehead atoms. The average Bonchev–Trinajstić information content (AvgIpc) is 3.03. The molecule has 0 aromatic heterocycles. The summed E-state index contributed by atoms with van der Waals surface area (Å²) in [6, 6.07) is 22.7. The molecule has 0 amide bonds. The van der Waals surface area contributed by atoms with Crippen LogP contribution in [0, 0.1) is 0 Å². The van der Waals surface area contributed by atoms with Crippen molar-refractivity contribution in [1.82, 2.24) is 0 Å². The van der Waals surface area contributed by atoms with Crippen LogP contribution in [0.4, 0.5) is 0 Å². The van der Waals surface area contributed by atoms with E-state index in [-0.39, 0.29) is 0 Å². The molecule has 0 aliphatic rings. The van der Waals surface area contributed by atoms with Crippen molar-refractivity contribution in [1.29, 1.82) is 0 Å². The molecule has 0 atom stereocenters. The van der Waals surface area contributed by atoms with Crippen molar-refractivity contribution < 1.29 is 4.48 Å². The number of benzene rings is 2. The van der Waals surface area contributed by atoms with Gasteiger partial charge in [-0.15, -0.1) is 0 Å². The van der Waals surface area contributed by atoms with Crippen molar-refractivity contribution in [3.05, 3.63) is 96.1 Å². The van der Waals surface area contributed by atoms with Crippen molar-refractivity contribution in [2.24, 2.45) is 0 Å². The molecule has 0 unspecified atom stereocenters. The van der Waals surface area contributed by atoms with Crippen molar-refractivity contribution >= 4 is 0 Å². The SMILES string of the molecule is CCC/C=C/CCCCCCCCC[N+](CCCCCCCCC/C=C/CCC)(Cc1ccccc1)Cc1ccccc1. The van der Waals surface area contributed by atoms with E-state index in [1.807, 2.05) is 0 Å². The molecule has 0 fully saturated rings. The van der Waals surface area contributed by atoms with Crippen LogP contribution in [0.5, 0.6) is 0 Å². The first-order valence-electron chi connectivity index (χ1n) is 18.5. The van der Waals surface area contributed by atoms with Gasteiger partial charge in [-0.25, -0.2) is 0 Å². The molecular weight excluding hydrogens is 518 g/mol. The monoisotopic (exact) mass is 587 g/mol. The Balaban J connectivity index is 1.83. The van der Waals surface area contributed by atoms with Gasteiger partial charge in [0.2, 0.25) is 0 Å². The van der Waals surface area contributed by atoms with E-state index in [2.05, 4.69) is 98.8 Å². The van der Waals surface area contributed by atoms with Crippen molar-refractivity contribution in [2.45, 2.75) is 155 Å². The van der Waals surface area contributed by atoms with Crippen LogP contribution < -0.4 is 0 Å². The highest BCUT2D eigenvalue weighted by Crippen LogP contribution is 2.24. The molecule has 1 heteroatoms. The third-order valence-corrected chi connectivity index (χ3v) is 8.97. The fourth-order valence-electron chi connectivity index (χ4n) is 6.42. The first-order valence-corrected chi connectivity index (χ1v) is 18.5. The van der Waals surface area contributed by atoms with Gasteiger partial charge in [0, 0.05) is 11.1 Å². The van der Waals surface area contributed by atoms with E-state index in [4.69, 9.17) is 0 Å². The van der Waals surface area contributed by atoms with Crippen LogP contribution in [-0.2, 0) is 13.1 Å². The minimum Gasteiger partial charge on any atom is -0.316 e. The Kier molecular flexibility index (Phi) is 22.7. The topological polar surface area (TPSA) is 0 Å². The predicted octanol–water partition coefficient (Wildman–Crippen LogP) is 13.2. The van der Waals surface area contributed by atoms with E-state index in [0.29, 0.717) is 0 Å². The summed E-state index contributed by atoms with van der Waals surface area (Å²) in [5.41, 5.74) is 3.00. The maximum Gasteiger partial charge on any atom is 0.105 e. The Morgan fingerprint density at radius 2 is 0.721 bits per heavy atom. The molecule has 0 radical (unpaired) electrons. The molecule has 0 heterocycles. The van der Waals surface area contributed by atoms with Crippen LogP contribution in [0.25, 0.3) is 0 Å². The Hall–Kier alpha value is -2.12. The summed E-state index contributed by atoms with van der Waals surface area (Å²) in [5.74, 6) is 0. The number of quaternary nitrogens is 1. The first kappa shape index (κ1) is 37.1. The van der Waals surface area contributed by atoms with Gasteiger partial charge in [-0.2, -0.15) is 0 Å². The van der Waals surface area contributed by atoms with Gasteiger partial charge in [0.15, 0.2) is 0 Å². The number of unbranched alkanes of at least 4 members (excludes halogenated alkanes) is 16. The lowest BCUT2D eigenvalue weighted by atomic mass is 10.0. The minimum absolute atomic E-state index is 1.16. The van der Waals surface area contributed by atoms with E-state index in [0.717, 1.165) is 13.1 Å². The van der Waals surface area contributed by atoms with Crippen molar-refractivity contribution in [3.8, 4) is 0 Å². The van der Waals surface area contributed by atoms with Gasteiger partial charge >= 0.3 is 0 Å². The lowest BCUT2D eigenvalue weighted by molar-refractivity contribution is -0.954. The van der Waals surface area contributed by atoms with E-state index >= 15 is 0 Å². The zero-order valence-electron chi connectivity index (χ0n) is 28.5. The van der Waals surface area contributed by atoms with Crippen LogP contribution in [-0.4, -0.2) is 17.6 Å². The maximum atomic E-state index is 2.40. The summed E-state index contributed by atoms with van der Waals surface area (Å²) in [6.45, 7) is 9.44. The molecule has 0 N–H and O–H groups in total. The van der Waals surface area contributed by atoms with Crippen LogP contribution in [0.2, 0.25) is 0 Å². The summed E-state index contributed by atoms with van der Waals surface area (Å²) in [5, 5.41) is 0. The number of allylic oxidation sites excluding steroid dienone is 4. The lowest BCUT2D eigenvalue weighted by Gasteiger charge is -2.39. The molecule has 43 heavy (non-hydrogen) atoms. The zero-order valence-corrected chi connectivity index (χ0v) is 28.5. The fraction of sp³-hybridized carbons (Fsp3) is 0.619. The summed E-state index contributed by atoms with van der Waals surface area (Å²) in [6.07, 6.45) is 36.5. The fourth-order valence-corrected chi connectivity index (χ4v) is 6.42. The number of hydrogen-bond donors (Lipinski definition) is 0. The average molecular weight is 587 g/mol. The second-order valence-electron chi connectivity index (χ2n) is 13.1. The molecule has 1 nitrogen and oxygen atoms in total. The highest BCUT2D eigenvalue weighted by Gasteiger charge is 2.27. The van der Waals surface area contributed by atoms with Gasteiger partial charge in [-0.1, -0.05) is 163 Å². The Bertz CT molecular complexity index is 835. The molecular formula is C42H68N+. The van der Waals surface area contributed by atoms with Gasteiger partial charge in [-0.05, 0) is 64.2 Å². The van der Waals surface area contributed by atoms with Gasteiger partial charge in [0.25, 0.3) is 0 Å². The molecule has 0 aliphatic heterocycles. The molecule has 0 saturated carbocycles. The van der Waals surface area contributed by atoms with Crippen LogP contribution in [0.3, 0.4) is 0 Å². The summed E-state index contributed by atoms with van der Waals surface area (Å²) in [4.78, 5) is 0. The van der Waals surface area contributed by atoms with Gasteiger partial charge in [0.05, 0.1) is 13.1 Å². The van der Waals surface area contributed by atoms with Crippen molar-refractivity contribution in [3.63, 3.8) is 0 Å². The van der Waals surface area contributed by atoms with E-state index in [1.165, 1.54) is 157 Å². The maximum absolute atomic E-state index is 2.40. The standard InChI is InChI=1S/C42H68N/c1-3-5-7-9-11-13-15-17-19-21-23-31-37-43(39-41-33-27-25-28-34-41,40-42-35-29-26-30-36-42)38-32-24-22-20-18-16-14-12-10-8-6-4-2/h7-10,25-30,33-36H,3-6,11-24,31-32,37-40H2,1-2H3/q+1/b9-7+,10-8+. The Morgan fingerprint density at radius 1 is 0.395 bits per heavy atom. The minimum atomic E-state index is 1.16. The second kappa shape index (κ2) is 26.3. The summed E-state index contributed by atoms with van der Waals surface area (Å²) >= 11 is 0. The molecule has 0 saturated heterocycles. The molecule has 2 aromatic carbocycles. The summed E-state index contributed by atoms with van der Waals surface area (Å²) < 4.78 is 1.21. The number of nitrogens with zero attached hydrogens (tertiary/aromatic N) is 1. The molecule has 2 rings (SSSR count). The van der Waals surface area contributed by atoms with Gasteiger partial charge in [0.1, 0.15) is 13.1 Å². The third kappa shape index (κ3) is 19.7. The lowest BCUT2D eigenvalue weighted by Crippen LogP contribution is -2.48. The van der Waals surface area contributed by atoms with E-state index in [1.54, 1.807) is 0 Å². The highest BCUT2D eigenvalue weighted by atomic mass is 15.3. The molecule has 2 aromatic rings. The Morgan fingerprint density at radius 3 is 1.09 bits per heavy atom. The largest absolute Gasteiger partial charge is 0.316 e. The molecule has 0 spiro atoms. The zero-order chi connectivity index (χ0) is 30.5. The van der Waals surface area contributed by atoms with Crippen LogP contribution >= 0.6 is 0 Å². The van der Waals surface area contributed by atoms with Crippen LogP contribution in [0.1, 0.15) is 153 Å². The van der Waals surface area contributed by atoms with Crippen molar-refractivity contribution in [2.75, 3.05) is 13.1 Å². The highest BCUT2D eigenvalue weighted by molar-refractivity contribution is 5.15. The third-order valence-electron chi connectivity index (χ3n) is 8.97. The van der Waals surface area contributed by atoms with Crippen LogP contribution in [0.15, 0.2) is 85.0 Å². The second-order valence-corrected chi connectivity index (χ2v) is 13.1. The van der Waals surface area contributed by atoms with Gasteiger partial charge in [-0.3, -0.25) is 0 Å². The predicted molar refractivity (Wildman–Crippen MR) is 192 cm³/mol. The van der Waals surface area contributed by atoms with Gasteiger partial charge < -0.3 is 4.48 Å². The normalized spacial score (nSPS) is 12.1. The van der Waals surface area contributed by atoms with E-state index < -0.39 is 0 Å². The summed E-state index contributed by atoms with van der Waals surface area (Å²) in [7, 11) is 0. The number of rotatable bonds is 28. The number of hydrogen-bond acceptors (Lipinski definition) is 0. The Labute approximate surface area is 268 Å².